The summed E-state index contributed by atoms with van der Waals surface area (Å²) in [6, 6.07) is 0.239. The SMILES string of the molecule is CN(CCCCCC(=O)NC1CCC(CC2CN(CC(=O)O)CCN(CC(=O)O)CCN(CC(=O)O)CCN2CC(=O)O)CC1)CCCCC1SCC2NC(=O)NC21. The van der Waals surface area contributed by atoms with Crippen molar-refractivity contribution in [3.63, 3.8) is 0 Å². The summed E-state index contributed by atoms with van der Waals surface area (Å²) < 4.78 is 0. The molecule has 18 nitrogen and oxygen atoms in total. The highest BCUT2D eigenvalue weighted by Crippen LogP contribution is 2.33. The van der Waals surface area contributed by atoms with Crippen LogP contribution < -0.4 is 16.0 Å². The molecule has 4 rings (SSSR count). The highest BCUT2D eigenvalue weighted by molar-refractivity contribution is 8.00. The second-order valence-electron chi connectivity index (χ2n) is 16.7. The summed E-state index contributed by atoms with van der Waals surface area (Å²) >= 11 is 1.96. The van der Waals surface area contributed by atoms with Crippen LogP contribution in [0.2, 0.25) is 0 Å². The van der Waals surface area contributed by atoms with E-state index in [1.165, 1.54) is 0 Å². The van der Waals surface area contributed by atoms with Crippen LogP contribution in [0.5, 0.6) is 0 Å². The summed E-state index contributed by atoms with van der Waals surface area (Å²) in [6.07, 6.45) is 10.6. The molecule has 19 heteroatoms. The standard InChI is InChI=1S/C39H68N8O10S/c1-43(14-6-4-7-32-38-31(27-58-32)41-39(57)42-38)13-5-2-3-8-33(48)40-29-11-9-28(10-12-29)21-30-22-46(25-36(53)54)18-17-44(23-34(49)50)15-16-45(24-35(51)52)19-20-47(30)26-37(55)56/h28-32,38H,2-27H2,1H3,(H,40,48)(H,49,50)(H,51,52)(H,53,54)(H,55,56)(H2,41,42,57). The summed E-state index contributed by atoms with van der Waals surface area (Å²) in [7, 11) is 2.15. The molecule has 58 heavy (non-hydrogen) atoms. The minimum absolute atomic E-state index is 0.0370. The molecule has 3 heterocycles. The molecule has 3 aliphatic heterocycles. The van der Waals surface area contributed by atoms with Crippen LogP contribution in [0.4, 0.5) is 4.79 Å². The second kappa shape index (κ2) is 24.8. The van der Waals surface area contributed by atoms with Crippen molar-refractivity contribution in [3.05, 3.63) is 0 Å². The zero-order chi connectivity index (χ0) is 42.0. The molecule has 4 unspecified atom stereocenters. The molecule has 0 bridgehead atoms. The van der Waals surface area contributed by atoms with Gasteiger partial charge in [0.1, 0.15) is 0 Å². The number of hydrogen-bond donors (Lipinski definition) is 7. The van der Waals surface area contributed by atoms with E-state index in [2.05, 4.69) is 27.9 Å². The molecule has 0 aromatic rings. The van der Waals surface area contributed by atoms with Crippen molar-refractivity contribution in [3.8, 4) is 0 Å². The fraction of sp³-hybridized carbons (Fsp3) is 0.846. The predicted octanol–water partition coefficient (Wildman–Crippen LogP) is 0.808. The number of hydrogen-bond acceptors (Lipinski definition) is 12. The molecule has 4 aliphatic rings. The Labute approximate surface area is 346 Å². The Morgan fingerprint density at radius 2 is 1.29 bits per heavy atom. The maximum absolute atomic E-state index is 12.9. The normalized spacial score (nSPS) is 26.9. The topological polar surface area (TPSA) is 236 Å². The van der Waals surface area contributed by atoms with Gasteiger partial charge < -0.3 is 41.3 Å². The highest BCUT2D eigenvalue weighted by Gasteiger charge is 2.42. The third kappa shape index (κ3) is 17.6. The van der Waals surface area contributed by atoms with Gasteiger partial charge in [-0.25, -0.2) is 4.79 Å². The lowest BCUT2D eigenvalue weighted by Gasteiger charge is -2.40. The molecule has 3 saturated heterocycles. The van der Waals surface area contributed by atoms with Gasteiger partial charge in [0.25, 0.3) is 0 Å². The van der Waals surface area contributed by atoms with Gasteiger partial charge in [0.05, 0.1) is 38.3 Å². The van der Waals surface area contributed by atoms with Gasteiger partial charge in [-0.2, -0.15) is 11.8 Å². The first-order valence-corrected chi connectivity index (χ1v) is 22.2. The maximum Gasteiger partial charge on any atom is 0.317 e. The van der Waals surface area contributed by atoms with Gasteiger partial charge in [0.15, 0.2) is 0 Å². The Morgan fingerprint density at radius 1 is 0.724 bits per heavy atom. The van der Waals surface area contributed by atoms with Crippen molar-refractivity contribution in [2.24, 2.45) is 5.92 Å². The number of thioether (sulfide) groups is 1. The van der Waals surface area contributed by atoms with Crippen LogP contribution >= 0.6 is 11.8 Å². The number of unbranched alkanes of at least 4 members (excludes halogenated alkanes) is 3. The molecular formula is C39H68N8O10S. The van der Waals surface area contributed by atoms with Crippen LogP contribution in [0.15, 0.2) is 0 Å². The average Bonchev–Trinajstić information content (AvgIpc) is 3.70. The third-order valence-electron chi connectivity index (χ3n) is 12.0. The summed E-state index contributed by atoms with van der Waals surface area (Å²) in [5, 5.41) is 48.4. The van der Waals surface area contributed by atoms with Gasteiger partial charge in [-0.3, -0.25) is 43.6 Å². The summed E-state index contributed by atoms with van der Waals surface area (Å²) in [6.45, 7) is 2.79. The van der Waals surface area contributed by atoms with E-state index >= 15 is 0 Å². The number of carboxylic acids is 4. The molecule has 0 aromatic heterocycles. The van der Waals surface area contributed by atoms with Crippen LogP contribution in [-0.2, 0) is 24.0 Å². The van der Waals surface area contributed by atoms with E-state index in [-0.39, 0.29) is 114 Å². The zero-order valence-electron chi connectivity index (χ0n) is 34.2. The van der Waals surface area contributed by atoms with E-state index in [1.807, 2.05) is 16.7 Å². The number of aliphatic carboxylic acids is 4. The van der Waals surface area contributed by atoms with Crippen LogP contribution in [-0.4, -0.2) is 208 Å². The lowest BCUT2D eigenvalue weighted by Crippen LogP contribution is -2.53. The third-order valence-corrected chi connectivity index (χ3v) is 13.6. The van der Waals surface area contributed by atoms with E-state index in [0.29, 0.717) is 18.1 Å². The van der Waals surface area contributed by atoms with E-state index < -0.39 is 23.9 Å². The second-order valence-corrected chi connectivity index (χ2v) is 18.0. The largest absolute Gasteiger partial charge is 0.480 e. The maximum atomic E-state index is 12.9. The molecule has 0 spiro atoms. The monoisotopic (exact) mass is 840 g/mol. The average molecular weight is 841 g/mol. The van der Waals surface area contributed by atoms with Crippen molar-refractivity contribution in [1.82, 2.24) is 40.4 Å². The molecule has 4 atom stereocenters. The number of carbonyl (C=O) groups is 6. The Kier molecular flexibility index (Phi) is 20.3. The van der Waals surface area contributed by atoms with Crippen molar-refractivity contribution < 1.29 is 49.2 Å². The smallest absolute Gasteiger partial charge is 0.317 e. The molecule has 4 fully saturated rings. The number of carboxylic acid groups (broad SMARTS) is 4. The van der Waals surface area contributed by atoms with Gasteiger partial charge in [-0.1, -0.05) is 12.8 Å². The van der Waals surface area contributed by atoms with E-state index in [1.54, 1.807) is 14.7 Å². The first kappa shape index (κ1) is 47.4. The van der Waals surface area contributed by atoms with Crippen LogP contribution in [0.1, 0.15) is 77.0 Å². The van der Waals surface area contributed by atoms with Crippen LogP contribution in [0, 0.1) is 5.92 Å². The molecule has 330 valence electrons. The van der Waals surface area contributed by atoms with Gasteiger partial charge in [-0.05, 0) is 83.8 Å². The lowest BCUT2D eigenvalue weighted by atomic mass is 9.81. The minimum Gasteiger partial charge on any atom is -0.480 e. The number of amides is 3. The van der Waals surface area contributed by atoms with Crippen molar-refractivity contribution in [2.75, 3.05) is 97.9 Å². The molecule has 7 N–H and O–H groups in total. The first-order valence-electron chi connectivity index (χ1n) is 21.2. The quantitative estimate of drug-likeness (QED) is 0.0590. The number of nitrogens with zero attached hydrogens (tertiary/aromatic N) is 5. The first-order chi connectivity index (χ1) is 27.7. The fourth-order valence-corrected chi connectivity index (χ4v) is 10.5. The van der Waals surface area contributed by atoms with Crippen LogP contribution in [0.25, 0.3) is 0 Å². The van der Waals surface area contributed by atoms with Gasteiger partial charge >= 0.3 is 29.9 Å². The van der Waals surface area contributed by atoms with E-state index in [4.69, 9.17) is 0 Å². The molecular weight excluding hydrogens is 773 g/mol. The molecule has 0 aromatic carbocycles. The predicted molar refractivity (Wildman–Crippen MR) is 219 cm³/mol. The van der Waals surface area contributed by atoms with Crippen molar-refractivity contribution in [1.29, 1.82) is 0 Å². The lowest BCUT2D eigenvalue weighted by molar-refractivity contribution is -0.142. The molecule has 0 radical (unpaired) electrons. The number of urea groups is 1. The number of nitrogens with one attached hydrogen (secondary N) is 3. The van der Waals surface area contributed by atoms with Gasteiger partial charge in [-0.15, -0.1) is 0 Å². The number of rotatable bonds is 22. The Balaban J connectivity index is 1.19. The molecule has 3 amide bonds. The highest BCUT2D eigenvalue weighted by atomic mass is 32.2. The number of fused-ring (bicyclic) bond motifs is 1. The summed E-state index contributed by atoms with van der Waals surface area (Å²) in [4.78, 5) is 81.0. The van der Waals surface area contributed by atoms with Crippen LogP contribution in [0.3, 0.4) is 0 Å². The van der Waals surface area contributed by atoms with Gasteiger partial charge in [0, 0.05) is 75.3 Å². The van der Waals surface area contributed by atoms with Crippen molar-refractivity contribution in [2.45, 2.75) is 106 Å². The van der Waals surface area contributed by atoms with E-state index in [9.17, 15) is 49.2 Å². The Hall–Kier alpha value is -3.23. The number of carbonyl (C=O) groups excluding carboxylic acids is 2. The van der Waals surface area contributed by atoms with E-state index in [0.717, 1.165) is 83.1 Å². The Morgan fingerprint density at radius 3 is 1.91 bits per heavy atom. The van der Waals surface area contributed by atoms with Crippen molar-refractivity contribution >= 4 is 47.6 Å². The Bertz CT molecular complexity index is 1360. The molecule has 1 saturated carbocycles. The summed E-state index contributed by atoms with van der Waals surface area (Å²) in [5.74, 6) is -2.84. The molecule has 1 aliphatic carbocycles. The summed E-state index contributed by atoms with van der Waals surface area (Å²) in [5.41, 5.74) is 0. The zero-order valence-corrected chi connectivity index (χ0v) is 35.0. The van der Waals surface area contributed by atoms with Gasteiger partial charge in [0.2, 0.25) is 5.91 Å². The minimum atomic E-state index is -1.03. The fourth-order valence-electron chi connectivity index (χ4n) is 8.94.